The molecule has 0 aliphatic heterocycles. The van der Waals surface area contributed by atoms with Gasteiger partial charge < -0.3 is 5.73 Å². The fourth-order valence-electron chi connectivity index (χ4n) is 1.64. The molecule has 5 heteroatoms. The Labute approximate surface area is 118 Å². The van der Waals surface area contributed by atoms with E-state index in [1.807, 2.05) is 6.92 Å². The smallest absolute Gasteiger partial charge is 0.0948 e. The summed E-state index contributed by atoms with van der Waals surface area (Å²) in [7, 11) is 0. The second-order valence-electron chi connectivity index (χ2n) is 5.77. The van der Waals surface area contributed by atoms with E-state index in [0.29, 0.717) is 6.42 Å². The van der Waals surface area contributed by atoms with Crippen LogP contribution in [-0.2, 0) is 11.8 Å². The van der Waals surface area contributed by atoms with Gasteiger partial charge in [-0.3, -0.25) is 9.97 Å². The highest BCUT2D eigenvalue weighted by molar-refractivity contribution is 7.09. The van der Waals surface area contributed by atoms with E-state index in [1.165, 1.54) is 0 Å². The van der Waals surface area contributed by atoms with Gasteiger partial charge in [0.05, 0.1) is 34.3 Å². The van der Waals surface area contributed by atoms with E-state index in [4.69, 9.17) is 5.73 Å². The molecule has 1 unspecified atom stereocenters. The Hall–Kier alpha value is -1.33. The first-order chi connectivity index (χ1) is 8.86. The second-order valence-corrected chi connectivity index (χ2v) is 6.71. The lowest BCUT2D eigenvalue weighted by molar-refractivity contribution is 0.568. The topological polar surface area (TPSA) is 64.7 Å². The van der Waals surface area contributed by atoms with Crippen LogP contribution in [0.15, 0.2) is 17.8 Å². The van der Waals surface area contributed by atoms with Crippen LogP contribution in [0.1, 0.15) is 48.9 Å². The molecular formula is C14H20N4S. The number of aryl methyl sites for hydroxylation is 1. The highest BCUT2D eigenvalue weighted by Crippen LogP contribution is 2.25. The van der Waals surface area contributed by atoms with Crippen LogP contribution < -0.4 is 5.73 Å². The highest BCUT2D eigenvalue weighted by atomic mass is 32.1. The predicted molar refractivity (Wildman–Crippen MR) is 78.2 cm³/mol. The van der Waals surface area contributed by atoms with Gasteiger partial charge in [0.1, 0.15) is 0 Å². The quantitative estimate of drug-likeness (QED) is 0.936. The van der Waals surface area contributed by atoms with Crippen LogP contribution in [0.2, 0.25) is 0 Å². The molecule has 0 aromatic carbocycles. The molecule has 2 heterocycles. The molecule has 19 heavy (non-hydrogen) atoms. The molecule has 0 amide bonds. The van der Waals surface area contributed by atoms with Crippen molar-refractivity contribution in [1.29, 1.82) is 0 Å². The Morgan fingerprint density at radius 2 is 2.00 bits per heavy atom. The van der Waals surface area contributed by atoms with Crippen LogP contribution in [0, 0.1) is 6.92 Å². The standard InChI is InChI=1S/C14H20N4S/c1-9-6-17-11(7-16-9)10(15)5-13-18-12(8-19-13)14(2,3)4/h6-8,10H,5,15H2,1-4H3. The van der Waals surface area contributed by atoms with Crippen LogP contribution in [0.4, 0.5) is 0 Å². The summed E-state index contributed by atoms with van der Waals surface area (Å²) >= 11 is 1.66. The maximum atomic E-state index is 6.16. The molecule has 2 N–H and O–H groups in total. The van der Waals surface area contributed by atoms with Crippen LogP contribution >= 0.6 is 11.3 Å². The van der Waals surface area contributed by atoms with Crippen molar-refractivity contribution in [2.75, 3.05) is 0 Å². The second kappa shape index (κ2) is 5.35. The van der Waals surface area contributed by atoms with E-state index < -0.39 is 0 Å². The largest absolute Gasteiger partial charge is 0.322 e. The zero-order chi connectivity index (χ0) is 14.0. The lowest BCUT2D eigenvalue weighted by Gasteiger charge is -2.14. The number of rotatable bonds is 3. The summed E-state index contributed by atoms with van der Waals surface area (Å²) < 4.78 is 0. The van der Waals surface area contributed by atoms with Crippen molar-refractivity contribution >= 4 is 11.3 Å². The Morgan fingerprint density at radius 3 is 2.53 bits per heavy atom. The van der Waals surface area contributed by atoms with Gasteiger partial charge in [-0.05, 0) is 6.92 Å². The van der Waals surface area contributed by atoms with Gasteiger partial charge in [-0.15, -0.1) is 11.3 Å². The molecule has 1 atom stereocenters. The molecule has 0 saturated heterocycles. The van der Waals surface area contributed by atoms with E-state index in [9.17, 15) is 0 Å². The molecule has 0 aliphatic rings. The van der Waals surface area contributed by atoms with E-state index in [0.717, 1.165) is 22.1 Å². The van der Waals surface area contributed by atoms with Gasteiger partial charge in [0.2, 0.25) is 0 Å². The van der Waals surface area contributed by atoms with Crippen molar-refractivity contribution in [1.82, 2.24) is 15.0 Å². The molecular weight excluding hydrogens is 256 g/mol. The van der Waals surface area contributed by atoms with Gasteiger partial charge in [-0.2, -0.15) is 0 Å². The molecule has 4 nitrogen and oxygen atoms in total. The van der Waals surface area contributed by atoms with Crippen molar-refractivity contribution in [3.63, 3.8) is 0 Å². The van der Waals surface area contributed by atoms with Crippen molar-refractivity contribution in [3.8, 4) is 0 Å². The maximum Gasteiger partial charge on any atom is 0.0948 e. The SMILES string of the molecule is Cc1cnc(C(N)Cc2nc(C(C)(C)C)cs2)cn1. The zero-order valence-corrected chi connectivity index (χ0v) is 12.7. The summed E-state index contributed by atoms with van der Waals surface area (Å²) in [5.74, 6) is 0. The summed E-state index contributed by atoms with van der Waals surface area (Å²) in [6.07, 6.45) is 4.20. The van der Waals surface area contributed by atoms with Gasteiger partial charge in [-0.1, -0.05) is 20.8 Å². The van der Waals surface area contributed by atoms with Crippen molar-refractivity contribution in [2.24, 2.45) is 5.73 Å². The molecule has 0 spiro atoms. The number of aromatic nitrogens is 3. The van der Waals surface area contributed by atoms with Gasteiger partial charge in [0, 0.05) is 23.4 Å². The van der Waals surface area contributed by atoms with E-state index in [-0.39, 0.29) is 11.5 Å². The normalized spacial score (nSPS) is 13.5. The molecule has 102 valence electrons. The molecule has 2 rings (SSSR count). The summed E-state index contributed by atoms with van der Waals surface area (Å²) in [4.78, 5) is 13.2. The lowest BCUT2D eigenvalue weighted by Crippen LogP contribution is -2.16. The molecule has 0 radical (unpaired) electrons. The summed E-state index contributed by atoms with van der Waals surface area (Å²) in [6, 6.07) is -0.146. The molecule has 0 fully saturated rings. The third kappa shape index (κ3) is 3.58. The van der Waals surface area contributed by atoms with E-state index in [2.05, 4.69) is 41.1 Å². The van der Waals surface area contributed by atoms with Crippen molar-refractivity contribution in [2.45, 2.75) is 45.6 Å². The zero-order valence-electron chi connectivity index (χ0n) is 11.8. The van der Waals surface area contributed by atoms with Crippen LogP contribution in [0.5, 0.6) is 0 Å². The summed E-state index contributed by atoms with van der Waals surface area (Å²) in [6.45, 7) is 8.41. The first-order valence-electron chi connectivity index (χ1n) is 6.35. The summed E-state index contributed by atoms with van der Waals surface area (Å²) in [5, 5.41) is 3.17. The van der Waals surface area contributed by atoms with Crippen molar-refractivity contribution < 1.29 is 0 Å². The van der Waals surface area contributed by atoms with Crippen LogP contribution in [0.25, 0.3) is 0 Å². The van der Waals surface area contributed by atoms with Crippen LogP contribution in [0.3, 0.4) is 0 Å². The fraction of sp³-hybridized carbons (Fsp3) is 0.500. The van der Waals surface area contributed by atoms with Gasteiger partial charge in [0.15, 0.2) is 0 Å². The Morgan fingerprint density at radius 1 is 1.26 bits per heavy atom. The summed E-state index contributed by atoms with van der Waals surface area (Å²) in [5.41, 5.74) is 9.09. The van der Waals surface area contributed by atoms with E-state index >= 15 is 0 Å². The molecule has 0 bridgehead atoms. The van der Waals surface area contributed by atoms with Gasteiger partial charge in [0.25, 0.3) is 0 Å². The molecule has 0 aliphatic carbocycles. The Balaban J connectivity index is 2.08. The third-order valence-electron chi connectivity index (χ3n) is 2.90. The first-order valence-corrected chi connectivity index (χ1v) is 7.23. The van der Waals surface area contributed by atoms with Gasteiger partial charge in [-0.25, -0.2) is 4.98 Å². The number of nitrogens with two attached hydrogens (primary N) is 1. The van der Waals surface area contributed by atoms with Crippen LogP contribution in [-0.4, -0.2) is 15.0 Å². The highest BCUT2D eigenvalue weighted by Gasteiger charge is 2.18. The first kappa shape index (κ1) is 14.1. The minimum atomic E-state index is -0.146. The predicted octanol–water partition coefficient (Wildman–Crippen LogP) is 2.78. The monoisotopic (exact) mass is 276 g/mol. The number of nitrogens with zero attached hydrogens (tertiary/aromatic N) is 3. The number of thiazole rings is 1. The number of hydrogen-bond donors (Lipinski definition) is 1. The Kier molecular flexibility index (Phi) is 3.96. The van der Waals surface area contributed by atoms with E-state index in [1.54, 1.807) is 23.7 Å². The lowest BCUT2D eigenvalue weighted by atomic mass is 9.93. The minimum Gasteiger partial charge on any atom is -0.322 e. The molecule has 0 saturated carbocycles. The van der Waals surface area contributed by atoms with Crippen molar-refractivity contribution in [3.05, 3.63) is 39.9 Å². The third-order valence-corrected chi connectivity index (χ3v) is 3.77. The average molecular weight is 276 g/mol. The maximum absolute atomic E-state index is 6.16. The Bertz CT molecular complexity index is 539. The average Bonchev–Trinajstić information content (AvgIpc) is 2.78. The molecule has 2 aromatic heterocycles. The van der Waals surface area contributed by atoms with Gasteiger partial charge >= 0.3 is 0 Å². The fourth-order valence-corrected chi connectivity index (χ4v) is 2.72. The minimum absolute atomic E-state index is 0.0858. The molecule has 2 aromatic rings. The number of hydrogen-bond acceptors (Lipinski definition) is 5.